The largest absolute Gasteiger partial charge is 0.463 e. The molecule has 1 aliphatic heterocycles. The molecule has 28 heavy (non-hydrogen) atoms. The highest BCUT2D eigenvalue weighted by molar-refractivity contribution is 8.01. The Morgan fingerprint density at radius 3 is 2.93 bits per heavy atom. The van der Waals surface area contributed by atoms with Gasteiger partial charge in [-0.2, -0.15) is 5.10 Å². The average Bonchev–Trinajstić information content (AvgIpc) is 3.50. The average molecular weight is 426 g/mol. The third-order valence-corrected chi connectivity index (χ3v) is 7.57. The zero-order valence-electron chi connectivity index (χ0n) is 14.6. The van der Waals surface area contributed by atoms with E-state index in [-0.39, 0.29) is 11.9 Å². The monoisotopic (exact) mass is 425 g/mol. The van der Waals surface area contributed by atoms with E-state index in [4.69, 9.17) is 4.42 Å². The fraction of sp³-hybridized carbons (Fsp3) is 0.150. The highest BCUT2D eigenvalue weighted by atomic mass is 32.2. The van der Waals surface area contributed by atoms with Gasteiger partial charge in [0.1, 0.15) is 11.5 Å². The molecule has 0 bridgehead atoms. The summed E-state index contributed by atoms with van der Waals surface area (Å²) in [5, 5.41) is 8.25. The molecule has 4 heterocycles. The molecule has 0 N–H and O–H groups in total. The van der Waals surface area contributed by atoms with Crippen molar-refractivity contribution in [3.8, 4) is 0 Å². The lowest BCUT2D eigenvalue weighted by molar-refractivity contribution is -0.130. The zero-order valence-corrected chi connectivity index (χ0v) is 17.1. The molecule has 140 valence electrons. The Kier molecular flexibility index (Phi) is 4.76. The number of hydrogen-bond acceptors (Lipinski definition) is 7. The number of hydrogen-bond donors (Lipinski definition) is 0. The second-order valence-electron chi connectivity index (χ2n) is 6.23. The third-order valence-electron chi connectivity index (χ3n) is 4.44. The SMILES string of the molecule is O=C(CSc1nc2ccccc2s1)N1N=C(c2ccco2)C[C@@H]1c1cccs1. The molecule has 0 saturated heterocycles. The number of furan rings is 1. The Morgan fingerprint density at radius 1 is 1.21 bits per heavy atom. The van der Waals surface area contributed by atoms with Gasteiger partial charge in [-0.3, -0.25) is 4.79 Å². The first kappa shape index (κ1) is 17.7. The van der Waals surface area contributed by atoms with Crippen molar-refractivity contribution in [2.45, 2.75) is 16.8 Å². The minimum Gasteiger partial charge on any atom is -0.463 e. The van der Waals surface area contributed by atoms with Crippen molar-refractivity contribution in [2.75, 3.05) is 5.75 Å². The summed E-state index contributed by atoms with van der Waals surface area (Å²) in [5.41, 5.74) is 1.78. The topological polar surface area (TPSA) is 58.7 Å². The van der Waals surface area contributed by atoms with Crippen molar-refractivity contribution in [2.24, 2.45) is 5.10 Å². The van der Waals surface area contributed by atoms with Crippen LogP contribution in [-0.4, -0.2) is 27.4 Å². The molecule has 1 aromatic carbocycles. The van der Waals surface area contributed by atoms with Gasteiger partial charge in [-0.05, 0) is 35.7 Å². The number of benzene rings is 1. The van der Waals surface area contributed by atoms with E-state index in [0.717, 1.165) is 30.9 Å². The van der Waals surface area contributed by atoms with Crippen LogP contribution in [0.2, 0.25) is 0 Å². The van der Waals surface area contributed by atoms with Gasteiger partial charge < -0.3 is 4.42 Å². The van der Waals surface area contributed by atoms with Crippen LogP contribution < -0.4 is 0 Å². The number of nitrogens with zero attached hydrogens (tertiary/aromatic N) is 3. The van der Waals surface area contributed by atoms with Crippen LogP contribution in [0.15, 0.2) is 74.0 Å². The maximum atomic E-state index is 13.0. The first-order chi connectivity index (χ1) is 13.8. The second kappa shape index (κ2) is 7.54. The summed E-state index contributed by atoms with van der Waals surface area (Å²) < 4.78 is 7.53. The molecule has 0 saturated carbocycles. The molecule has 1 amide bonds. The van der Waals surface area contributed by atoms with Crippen LogP contribution in [0.5, 0.6) is 0 Å². The van der Waals surface area contributed by atoms with Crippen molar-refractivity contribution in [3.05, 3.63) is 70.8 Å². The molecule has 3 aromatic heterocycles. The van der Waals surface area contributed by atoms with Crippen LogP contribution in [-0.2, 0) is 4.79 Å². The van der Waals surface area contributed by atoms with E-state index in [1.807, 2.05) is 47.8 Å². The highest BCUT2D eigenvalue weighted by Gasteiger charge is 2.34. The molecule has 1 atom stereocenters. The normalized spacial score (nSPS) is 16.6. The summed E-state index contributed by atoms with van der Waals surface area (Å²) in [6.45, 7) is 0. The van der Waals surface area contributed by atoms with E-state index in [9.17, 15) is 4.79 Å². The number of rotatable bonds is 5. The van der Waals surface area contributed by atoms with E-state index >= 15 is 0 Å². The lowest BCUT2D eigenvalue weighted by atomic mass is 10.1. The molecule has 1 aliphatic rings. The lowest BCUT2D eigenvalue weighted by Gasteiger charge is -2.20. The van der Waals surface area contributed by atoms with E-state index in [1.54, 1.807) is 33.9 Å². The number of thiophene rings is 1. The number of thiazole rings is 1. The summed E-state index contributed by atoms with van der Waals surface area (Å²) in [7, 11) is 0. The van der Waals surface area contributed by atoms with Crippen LogP contribution >= 0.6 is 34.4 Å². The quantitative estimate of drug-likeness (QED) is 0.401. The van der Waals surface area contributed by atoms with Crippen molar-refractivity contribution < 1.29 is 9.21 Å². The van der Waals surface area contributed by atoms with Gasteiger partial charge in [0.25, 0.3) is 5.91 Å². The number of carbonyl (C=O) groups excluding carboxylic acids is 1. The molecule has 0 unspecified atom stereocenters. The number of fused-ring (bicyclic) bond motifs is 1. The number of aromatic nitrogens is 1. The smallest absolute Gasteiger partial charge is 0.253 e. The molecule has 4 aromatic rings. The van der Waals surface area contributed by atoms with Crippen LogP contribution in [0.4, 0.5) is 0 Å². The molecular weight excluding hydrogens is 410 g/mol. The van der Waals surface area contributed by atoms with Crippen molar-refractivity contribution in [1.82, 2.24) is 9.99 Å². The summed E-state index contributed by atoms with van der Waals surface area (Å²) in [6, 6.07) is 15.7. The van der Waals surface area contributed by atoms with Gasteiger partial charge in [-0.1, -0.05) is 30.0 Å². The van der Waals surface area contributed by atoms with E-state index < -0.39 is 0 Å². The number of amides is 1. The van der Waals surface area contributed by atoms with Crippen LogP contribution in [0, 0.1) is 0 Å². The predicted octanol–water partition coefficient (Wildman–Crippen LogP) is 5.42. The first-order valence-corrected chi connectivity index (χ1v) is 11.4. The molecule has 0 radical (unpaired) electrons. The Bertz CT molecular complexity index is 1100. The van der Waals surface area contributed by atoms with Gasteiger partial charge in [0.05, 0.1) is 28.3 Å². The molecule has 0 spiro atoms. The minimum atomic E-state index is -0.0800. The number of para-hydroxylation sites is 1. The predicted molar refractivity (Wildman–Crippen MR) is 114 cm³/mol. The second-order valence-corrected chi connectivity index (χ2v) is 9.47. The van der Waals surface area contributed by atoms with Gasteiger partial charge in [0, 0.05) is 11.3 Å². The molecule has 5 nitrogen and oxygen atoms in total. The maximum absolute atomic E-state index is 13.0. The maximum Gasteiger partial charge on any atom is 0.253 e. The lowest BCUT2D eigenvalue weighted by Crippen LogP contribution is -2.28. The minimum absolute atomic E-state index is 0.0239. The Labute approximate surface area is 173 Å². The van der Waals surface area contributed by atoms with Crippen LogP contribution in [0.3, 0.4) is 0 Å². The number of carbonyl (C=O) groups is 1. The molecule has 8 heteroatoms. The zero-order chi connectivity index (χ0) is 18.9. The molecule has 5 rings (SSSR count). The molecular formula is C20H15N3O2S3. The fourth-order valence-corrected chi connectivity index (χ4v) is 5.87. The van der Waals surface area contributed by atoms with Gasteiger partial charge in [-0.25, -0.2) is 9.99 Å². The summed E-state index contributed by atoms with van der Waals surface area (Å²) in [4.78, 5) is 18.7. The van der Waals surface area contributed by atoms with Gasteiger partial charge in [-0.15, -0.1) is 22.7 Å². The van der Waals surface area contributed by atoms with E-state index in [0.29, 0.717) is 12.2 Å². The van der Waals surface area contributed by atoms with Crippen LogP contribution in [0.1, 0.15) is 23.1 Å². The fourth-order valence-electron chi connectivity index (χ4n) is 3.14. The van der Waals surface area contributed by atoms with E-state index in [2.05, 4.69) is 16.2 Å². The van der Waals surface area contributed by atoms with E-state index in [1.165, 1.54) is 11.8 Å². The first-order valence-electron chi connectivity index (χ1n) is 8.73. The number of hydrazone groups is 1. The Hall–Kier alpha value is -2.42. The van der Waals surface area contributed by atoms with Crippen molar-refractivity contribution in [1.29, 1.82) is 0 Å². The van der Waals surface area contributed by atoms with Gasteiger partial charge >= 0.3 is 0 Å². The summed E-state index contributed by atoms with van der Waals surface area (Å²) in [5.74, 6) is 0.997. The molecule has 0 aliphatic carbocycles. The van der Waals surface area contributed by atoms with Gasteiger partial charge in [0.2, 0.25) is 0 Å². The third kappa shape index (κ3) is 3.39. The summed E-state index contributed by atoms with van der Waals surface area (Å²) in [6.07, 6.45) is 2.29. The highest BCUT2D eigenvalue weighted by Crippen LogP contribution is 2.36. The summed E-state index contributed by atoms with van der Waals surface area (Å²) >= 11 is 4.72. The van der Waals surface area contributed by atoms with Crippen molar-refractivity contribution >= 4 is 56.3 Å². The van der Waals surface area contributed by atoms with Crippen molar-refractivity contribution in [3.63, 3.8) is 0 Å². The van der Waals surface area contributed by atoms with Gasteiger partial charge in [0.15, 0.2) is 4.34 Å². The Balaban J connectivity index is 1.36. The van der Waals surface area contributed by atoms with Crippen LogP contribution in [0.25, 0.3) is 10.2 Å². The molecule has 0 fully saturated rings. The standard InChI is InChI=1S/C20H15N3O2S3/c24-19(12-27-20-21-13-5-1-2-7-17(13)28-20)23-15(18-8-4-10-26-18)11-14(22-23)16-6-3-9-25-16/h1-10,15H,11-12H2/t15-/m1/s1. The Morgan fingerprint density at radius 2 is 2.14 bits per heavy atom. The number of thioether (sulfide) groups is 1.